The van der Waals surface area contributed by atoms with Gasteiger partial charge in [-0.25, -0.2) is 0 Å². The number of nitrogens with zero attached hydrogens (tertiary/aromatic N) is 1. The summed E-state index contributed by atoms with van der Waals surface area (Å²) in [4.78, 5) is 4.07. The summed E-state index contributed by atoms with van der Waals surface area (Å²) in [6.07, 6.45) is 3.70. The SMILES string of the molecule is Cc1ccncc1NC1CNC1. The molecule has 1 saturated heterocycles. The summed E-state index contributed by atoms with van der Waals surface area (Å²) in [5, 5.41) is 6.64. The molecule has 2 heterocycles. The van der Waals surface area contributed by atoms with Gasteiger partial charge in [0.1, 0.15) is 0 Å². The Hall–Kier alpha value is -1.09. The van der Waals surface area contributed by atoms with Crippen LogP contribution >= 0.6 is 0 Å². The molecule has 64 valence electrons. The van der Waals surface area contributed by atoms with Crippen molar-refractivity contribution in [3.8, 4) is 0 Å². The lowest BCUT2D eigenvalue weighted by molar-refractivity contribution is 0.472. The largest absolute Gasteiger partial charge is 0.378 e. The Labute approximate surface area is 72.2 Å². The number of hydrogen-bond acceptors (Lipinski definition) is 3. The highest BCUT2D eigenvalue weighted by molar-refractivity contribution is 5.49. The molecule has 1 aromatic heterocycles. The van der Waals surface area contributed by atoms with Crippen molar-refractivity contribution in [3.05, 3.63) is 24.0 Å². The first-order valence-corrected chi connectivity index (χ1v) is 4.24. The van der Waals surface area contributed by atoms with Crippen LogP contribution in [0.3, 0.4) is 0 Å². The van der Waals surface area contributed by atoms with Gasteiger partial charge in [0.05, 0.1) is 17.9 Å². The highest BCUT2D eigenvalue weighted by Crippen LogP contribution is 2.13. The number of aryl methyl sites for hydroxylation is 1. The smallest absolute Gasteiger partial charge is 0.0559 e. The van der Waals surface area contributed by atoms with E-state index < -0.39 is 0 Å². The Morgan fingerprint density at radius 2 is 2.42 bits per heavy atom. The van der Waals surface area contributed by atoms with Gasteiger partial charge in [-0.3, -0.25) is 4.98 Å². The van der Waals surface area contributed by atoms with Gasteiger partial charge in [0.2, 0.25) is 0 Å². The van der Waals surface area contributed by atoms with Gasteiger partial charge < -0.3 is 10.6 Å². The van der Waals surface area contributed by atoms with E-state index in [4.69, 9.17) is 0 Å². The maximum atomic E-state index is 4.07. The van der Waals surface area contributed by atoms with E-state index in [1.165, 1.54) is 5.56 Å². The molecule has 0 radical (unpaired) electrons. The third-order valence-electron chi connectivity index (χ3n) is 2.18. The molecule has 0 bridgehead atoms. The topological polar surface area (TPSA) is 37.0 Å². The van der Waals surface area contributed by atoms with Crippen LogP contribution in [0.1, 0.15) is 5.56 Å². The van der Waals surface area contributed by atoms with Crippen LogP contribution in [0.5, 0.6) is 0 Å². The van der Waals surface area contributed by atoms with Gasteiger partial charge in [-0.2, -0.15) is 0 Å². The zero-order chi connectivity index (χ0) is 8.39. The Morgan fingerprint density at radius 1 is 1.58 bits per heavy atom. The molecule has 0 atom stereocenters. The zero-order valence-electron chi connectivity index (χ0n) is 7.17. The van der Waals surface area contributed by atoms with Gasteiger partial charge in [-0.05, 0) is 18.6 Å². The van der Waals surface area contributed by atoms with E-state index in [0.29, 0.717) is 6.04 Å². The molecule has 3 nitrogen and oxygen atoms in total. The first-order valence-electron chi connectivity index (χ1n) is 4.24. The lowest BCUT2D eigenvalue weighted by Crippen LogP contribution is -2.51. The number of aromatic nitrogens is 1. The first kappa shape index (κ1) is 7.55. The number of nitrogens with one attached hydrogen (secondary N) is 2. The fraction of sp³-hybridized carbons (Fsp3) is 0.444. The lowest BCUT2D eigenvalue weighted by Gasteiger charge is -2.29. The minimum Gasteiger partial charge on any atom is -0.378 e. The molecule has 0 unspecified atom stereocenters. The van der Waals surface area contributed by atoms with Crippen LogP contribution in [-0.2, 0) is 0 Å². The predicted molar refractivity (Wildman–Crippen MR) is 49.3 cm³/mol. The van der Waals surface area contributed by atoms with E-state index in [2.05, 4.69) is 22.5 Å². The number of pyridine rings is 1. The molecular formula is C9H13N3. The van der Waals surface area contributed by atoms with Crippen LogP contribution in [-0.4, -0.2) is 24.1 Å². The third kappa shape index (κ3) is 1.41. The normalized spacial score (nSPS) is 17.1. The second kappa shape index (κ2) is 3.11. The molecule has 1 aliphatic heterocycles. The van der Waals surface area contributed by atoms with Gasteiger partial charge in [0, 0.05) is 19.3 Å². The Morgan fingerprint density at radius 3 is 3.00 bits per heavy atom. The number of anilines is 1. The zero-order valence-corrected chi connectivity index (χ0v) is 7.17. The fourth-order valence-electron chi connectivity index (χ4n) is 1.23. The Bertz CT molecular complexity index is 268. The van der Waals surface area contributed by atoms with Crippen molar-refractivity contribution in [1.82, 2.24) is 10.3 Å². The van der Waals surface area contributed by atoms with Crippen molar-refractivity contribution < 1.29 is 0 Å². The van der Waals surface area contributed by atoms with Crippen molar-refractivity contribution in [2.45, 2.75) is 13.0 Å². The summed E-state index contributed by atoms with van der Waals surface area (Å²) in [5.74, 6) is 0. The van der Waals surface area contributed by atoms with E-state index in [0.717, 1.165) is 18.8 Å². The molecule has 1 aromatic rings. The van der Waals surface area contributed by atoms with E-state index in [1.54, 1.807) is 0 Å². The summed E-state index contributed by atoms with van der Waals surface area (Å²) in [6, 6.07) is 2.61. The molecule has 2 rings (SSSR count). The summed E-state index contributed by atoms with van der Waals surface area (Å²) >= 11 is 0. The maximum absolute atomic E-state index is 4.07. The Balaban J connectivity index is 2.06. The predicted octanol–water partition coefficient (Wildman–Crippen LogP) is 0.774. The summed E-state index contributed by atoms with van der Waals surface area (Å²) < 4.78 is 0. The van der Waals surface area contributed by atoms with Gasteiger partial charge >= 0.3 is 0 Å². The second-order valence-electron chi connectivity index (χ2n) is 3.19. The van der Waals surface area contributed by atoms with Gasteiger partial charge in [-0.15, -0.1) is 0 Å². The number of rotatable bonds is 2. The van der Waals surface area contributed by atoms with E-state index >= 15 is 0 Å². The van der Waals surface area contributed by atoms with Crippen LogP contribution < -0.4 is 10.6 Å². The van der Waals surface area contributed by atoms with E-state index in [-0.39, 0.29) is 0 Å². The number of hydrogen-bond donors (Lipinski definition) is 2. The monoisotopic (exact) mass is 163 g/mol. The van der Waals surface area contributed by atoms with E-state index in [1.807, 2.05) is 18.5 Å². The molecule has 0 spiro atoms. The summed E-state index contributed by atoms with van der Waals surface area (Å²) in [7, 11) is 0. The Kier molecular flexibility index (Phi) is 1.96. The molecule has 12 heavy (non-hydrogen) atoms. The van der Waals surface area contributed by atoms with Crippen LogP contribution in [0.15, 0.2) is 18.5 Å². The molecule has 0 aliphatic carbocycles. The van der Waals surface area contributed by atoms with Crippen molar-refractivity contribution in [1.29, 1.82) is 0 Å². The standard InChI is InChI=1S/C9H13N3/c1-7-2-3-10-6-9(7)12-8-4-11-5-8/h2-3,6,8,11-12H,4-5H2,1H3. The van der Waals surface area contributed by atoms with Crippen molar-refractivity contribution in [3.63, 3.8) is 0 Å². The minimum atomic E-state index is 0.591. The van der Waals surface area contributed by atoms with Crippen LogP contribution in [0.2, 0.25) is 0 Å². The maximum Gasteiger partial charge on any atom is 0.0559 e. The highest BCUT2D eigenvalue weighted by atomic mass is 15.1. The van der Waals surface area contributed by atoms with Crippen LogP contribution in [0, 0.1) is 6.92 Å². The molecule has 2 N–H and O–H groups in total. The molecule has 3 heteroatoms. The third-order valence-corrected chi connectivity index (χ3v) is 2.18. The van der Waals surface area contributed by atoms with Crippen LogP contribution in [0.4, 0.5) is 5.69 Å². The highest BCUT2D eigenvalue weighted by Gasteiger charge is 2.16. The van der Waals surface area contributed by atoms with Gasteiger partial charge in [0.15, 0.2) is 0 Å². The summed E-state index contributed by atoms with van der Waals surface area (Å²) in [6.45, 7) is 4.22. The fourth-order valence-corrected chi connectivity index (χ4v) is 1.23. The van der Waals surface area contributed by atoms with Gasteiger partial charge in [-0.1, -0.05) is 0 Å². The van der Waals surface area contributed by atoms with Crippen molar-refractivity contribution in [2.75, 3.05) is 18.4 Å². The second-order valence-corrected chi connectivity index (χ2v) is 3.19. The quantitative estimate of drug-likeness (QED) is 0.676. The van der Waals surface area contributed by atoms with Crippen LogP contribution in [0.25, 0.3) is 0 Å². The van der Waals surface area contributed by atoms with Gasteiger partial charge in [0.25, 0.3) is 0 Å². The molecule has 1 aliphatic rings. The van der Waals surface area contributed by atoms with Crippen molar-refractivity contribution in [2.24, 2.45) is 0 Å². The first-order chi connectivity index (χ1) is 5.86. The van der Waals surface area contributed by atoms with Crippen molar-refractivity contribution >= 4 is 5.69 Å². The molecule has 1 fully saturated rings. The average molecular weight is 163 g/mol. The van der Waals surface area contributed by atoms with E-state index in [9.17, 15) is 0 Å². The minimum absolute atomic E-state index is 0.591. The molecule has 0 aromatic carbocycles. The molecular weight excluding hydrogens is 150 g/mol. The average Bonchev–Trinajstić information content (AvgIpc) is 2.00. The molecule has 0 saturated carbocycles. The lowest BCUT2D eigenvalue weighted by atomic mass is 10.1. The molecule has 0 amide bonds. The summed E-state index contributed by atoms with van der Waals surface area (Å²) in [5.41, 5.74) is 2.42.